The lowest BCUT2D eigenvalue weighted by atomic mass is 11.0. The molecule has 22 heavy (non-hydrogen) atoms. The monoisotopic (exact) mass is 326 g/mol. The molecule has 0 aliphatic heterocycles. The Kier molecular flexibility index (Phi) is 107000. The number of rotatable bonds is 0. The second-order valence-electron chi connectivity index (χ2n) is 0. The molecule has 0 radical (unpaired) electrons. The van der Waals surface area contributed by atoms with Crippen molar-refractivity contribution < 1.29 is 0 Å². The SMILES string of the molecule is C=C.C=C.CC.CC.CC.CC.CC.CC.CC.CC.CC. The highest BCUT2D eigenvalue weighted by Crippen LogP contribution is 1.16. The predicted molar refractivity (Wildman–Crippen MR) is 125 cm³/mol. The van der Waals surface area contributed by atoms with E-state index < -0.39 is 0 Å². The molecule has 0 rings (SSSR count). The standard InChI is InChI=1S/9C2H6.2C2H4/c11*1-2/h9*1-2H3;2*1-2H2. The summed E-state index contributed by atoms with van der Waals surface area (Å²) in [7, 11) is 0. The van der Waals surface area contributed by atoms with E-state index in [1.807, 2.05) is 125 Å². The van der Waals surface area contributed by atoms with E-state index in [0.717, 1.165) is 0 Å². The van der Waals surface area contributed by atoms with Crippen molar-refractivity contribution in [1.82, 2.24) is 0 Å². The van der Waals surface area contributed by atoms with Gasteiger partial charge in [-0.05, 0) is 0 Å². The molecule has 0 aromatic carbocycles. The van der Waals surface area contributed by atoms with E-state index in [4.69, 9.17) is 0 Å². The summed E-state index contributed by atoms with van der Waals surface area (Å²) in [4.78, 5) is 0. The molecule has 0 aromatic heterocycles. The Morgan fingerprint density at radius 2 is 0.182 bits per heavy atom. The summed E-state index contributed by atoms with van der Waals surface area (Å²) in [5.41, 5.74) is 0. The Labute approximate surface area is 151 Å². The smallest absolute Gasteiger partial charge is 0.0683 e. The third-order valence-electron chi connectivity index (χ3n) is 0. The average molecular weight is 327 g/mol. The van der Waals surface area contributed by atoms with Crippen LogP contribution in [0.4, 0.5) is 0 Å². The summed E-state index contributed by atoms with van der Waals surface area (Å²) >= 11 is 0. The normalized spacial score (nSPS) is 2.82. The molecule has 150 valence electrons. The second kappa shape index (κ2) is 28700. The van der Waals surface area contributed by atoms with Gasteiger partial charge in [-0.25, -0.2) is 0 Å². The van der Waals surface area contributed by atoms with E-state index in [9.17, 15) is 0 Å². The molecule has 0 saturated carbocycles. The van der Waals surface area contributed by atoms with Crippen LogP contribution in [0.3, 0.4) is 0 Å². The first-order chi connectivity index (χ1) is 11.0. The zero-order valence-electron chi connectivity index (χ0n) is 20.8. The molecule has 0 heteroatoms. The van der Waals surface area contributed by atoms with Crippen LogP contribution in [-0.2, 0) is 0 Å². The maximum absolute atomic E-state index is 3.00. The molecule has 0 amide bonds. The first-order valence-electron chi connectivity index (χ1n) is 10.0. The fourth-order valence-electron chi connectivity index (χ4n) is 0. The van der Waals surface area contributed by atoms with E-state index in [1.54, 1.807) is 0 Å². The van der Waals surface area contributed by atoms with Gasteiger partial charge in [-0.15, -0.1) is 26.3 Å². The van der Waals surface area contributed by atoms with Crippen molar-refractivity contribution in [3.05, 3.63) is 26.3 Å². The van der Waals surface area contributed by atoms with Crippen LogP contribution >= 0.6 is 0 Å². The van der Waals surface area contributed by atoms with E-state index in [2.05, 4.69) is 26.3 Å². The van der Waals surface area contributed by atoms with Gasteiger partial charge in [0.1, 0.15) is 0 Å². The molecule has 0 bridgehead atoms. The molecule has 0 aliphatic carbocycles. The first-order valence-corrected chi connectivity index (χ1v) is 10.0. The third kappa shape index (κ3) is 24600. The summed E-state index contributed by atoms with van der Waals surface area (Å²) in [5, 5.41) is 0. The zero-order valence-corrected chi connectivity index (χ0v) is 20.8. The lowest BCUT2D eigenvalue weighted by Crippen LogP contribution is -0.856. The van der Waals surface area contributed by atoms with Crippen molar-refractivity contribution in [2.24, 2.45) is 0 Å². The van der Waals surface area contributed by atoms with Crippen LogP contribution in [0.5, 0.6) is 0 Å². The van der Waals surface area contributed by atoms with Gasteiger partial charge in [0.05, 0.1) is 0 Å². The van der Waals surface area contributed by atoms with E-state index in [0.29, 0.717) is 0 Å². The maximum Gasteiger partial charge on any atom is -0.0683 e. The van der Waals surface area contributed by atoms with Crippen molar-refractivity contribution in [3.63, 3.8) is 0 Å². The minimum Gasteiger partial charge on any atom is -0.106 e. The molecule has 0 nitrogen and oxygen atoms in total. The van der Waals surface area contributed by atoms with Crippen molar-refractivity contribution in [2.45, 2.75) is 125 Å². The highest BCUT2D eigenvalue weighted by molar-refractivity contribution is 4.22. The summed E-state index contributed by atoms with van der Waals surface area (Å²) in [6, 6.07) is 0. The van der Waals surface area contributed by atoms with Gasteiger partial charge < -0.3 is 0 Å². The van der Waals surface area contributed by atoms with Crippen LogP contribution in [0.1, 0.15) is 125 Å². The Hall–Kier alpha value is -0.520. The molecular formula is C22H62. The largest absolute Gasteiger partial charge is 0.106 e. The summed E-state index contributed by atoms with van der Waals surface area (Å²) in [6.45, 7) is 48.0. The van der Waals surface area contributed by atoms with Crippen LogP contribution in [0.2, 0.25) is 0 Å². The summed E-state index contributed by atoms with van der Waals surface area (Å²) in [6.07, 6.45) is 0. The van der Waals surface area contributed by atoms with Crippen LogP contribution in [-0.4, -0.2) is 0 Å². The summed E-state index contributed by atoms with van der Waals surface area (Å²) < 4.78 is 0. The molecule has 0 spiro atoms. The second-order valence-corrected chi connectivity index (χ2v) is 0. The minimum atomic E-state index is 2.00. The first kappa shape index (κ1) is 82.0. The summed E-state index contributed by atoms with van der Waals surface area (Å²) in [5.74, 6) is 0. The van der Waals surface area contributed by atoms with Gasteiger partial charge in [-0.2, -0.15) is 0 Å². The van der Waals surface area contributed by atoms with Gasteiger partial charge in [0.15, 0.2) is 0 Å². The molecule has 0 fully saturated rings. The minimum absolute atomic E-state index is 2.00. The van der Waals surface area contributed by atoms with Gasteiger partial charge >= 0.3 is 0 Å². The Morgan fingerprint density at radius 3 is 0.182 bits per heavy atom. The van der Waals surface area contributed by atoms with E-state index in [-0.39, 0.29) is 0 Å². The molecule has 0 saturated heterocycles. The van der Waals surface area contributed by atoms with Gasteiger partial charge in [0.25, 0.3) is 0 Å². The van der Waals surface area contributed by atoms with Crippen LogP contribution in [0, 0.1) is 0 Å². The number of hydrogen-bond acceptors (Lipinski definition) is 0. The fraction of sp³-hybridized carbons (Fsp3) is 0.818. The van der Waals surface area contributed by atoms with Crippen LogP contribution in [0.15, 0.2) is 26.3 Å². The van der Waals surface area contributed by atoms with Crippen molar-refractivity contribution in [3.8, 4) is 0 Å². The molecule has 0 aromatic rings. The molecule has 0 aliphatic rings. The highest BCUT2D eigenvalue weighted by atomic mass is 13.0. The zero-order chi connectivity index (χ0) is 22.0. The molecule has 0 heterocycles. The average Bonchev–Trinajstić information content (AvgIpc) is 2.78. The molecule has 0 atom stereocenters. The lowest BCUT2D eigenvalue weighted by Gasteiger charge is -1.07. The van der Waals surface area contributed by atoms with Gasteiger partial charge in [0.2, 0.25) is 0 Å². The Bertz CT molecular complexity index is 2.00. The predicted octanol–water partition coefficient (Wildman–Crippen LogP) is 10.8. The van der Waals surface area contributed by atoms with Gasteiger partial charge in [-0.1, -0.05) is 125 Å². The van der Waals surface area contributed by atoms with Gasteiger partial charge in [0, 0.05) is 0 Å². The Morgan fingerprint density at radius 1 is 0.182 bits per heavy atom. The number of hydrogen-bond donors (Lipinski definition) is 0. The Balaban J connectivity index is -0.00000000672. The third-order valence-corrected chi connectivity index (χ3v) is 0. The van der Waals surface area contributed by atoms with Crippen molar-refractivity contribution in [1.29, 1.82) is 0 Å². The highest BCUT2D eigenvalue weighted by Gasteiger charge is 0.948. The quantitative estimate of drug-likeness (QED) is 0.388. The fourth-order valence-corrected chi connectivity index (χ4v) is 0. The maximum atomic E-state index is 3.00. The van der Waals surface area contributed by atoms with Crippen LogP contribution in [0.25, 0.3) is 0 Å². The van der Waals surface area contributed by atoms with E-state index in [1.165, 1.54) is 0 Å². The molecule has 0 N–H and O–H groups in total. The lowest BCUT2D eigenvalue weighted by molar-refractivity contribution is 1.50. The van der Waals surface area contributed by atoms with Crippen molar-refractivity contribution in [2.75, 3.05) is 0 Å². The van der Waals surface area contributed by atoms with E-state index >= 15 is 0 Å². The van der Waals surface area contributed by atoms with Gasteiger partial charge in [-0.3, -0.25) is 0 Å². The van der Waals surface area contributed by atoms with Crippen molar-refractivity contribution >= 4 is 0 Å². The van der Waals surface area contributed by atoms with Crippen LogP contribution < -0.4 is 0 Å². The molecule has 0 unspecified atom stereocenters. The topological polar surface area (TPSA) is 0 Å². The molecular weight excluding hydrogens is 264 g/mol.